The van der Waals surface area contributed by atoms with Gasteiger partial charge in [-0.05, 0) is 49.9 Å². The number of halogens is 1. The molecule has 4 nitrogen and oxygen atoms in total. The second-order valence-electron chi connectivity index (χ2n) is 5.04. The van der Waals surface area contributed by atoms with Crippen LogP contribution in [-0.2, 0) is 0 Å². The van der Waals surface area contributed by atoms with Crippen LogP contribution in [0.25, 0.3) is 0 Å². The third-order valence-corrected chi connectivity index (χ3v) is 3.84. The number of rotatable bonds is 4. The fraction of sp³-hybridized carbons (Fsp3) is 0.533. The standard InChI is InChI=1S/C15H21ClN2O2/c1-12-11-13(5-6-14(12)16)20-10-7-17-15(19)18-8-3-2-4-9-18/h5-6,11H,2-4,7-10H2,1H3,(H,17,19). The van der Waals surface area contributed by atoms with Crippen molar-refractivity contribution in [3.05, 3.63) is 28.8 Å². The average Bonchev–Trinajstić information content (AvgIpc) is 2.48. The van der Waals surface area contributed by atoms with E-state index in [1.54, 1.807) is 0 Å². The van der Waals surface area contributed by atoms with Gasteiger partial charge in [0.05, 0.1) is 6.54 Å². The Morgan fingerprint density at radius 2 is 2.10 bits per heavy atom. The van der Waals surface area contributed by atoms with Gasteiger partial charge in [-0.15, -0.1) is 0 Å². The lowest BCUT2D eigenvalue weighted by Crippen LogP contribution is -2.43. The van der Waals surface area contributed by atoms with Crippen LogP contribution in [0.4, 0.5) is 4.79 Å². The summed E-state index contributed by atoms with van der Waals surface area (Å²) in [6, 6.07) is 5.57. The Balaban J connectivity index is 1.68. The smallest absolute Gasteiger partial charge is 0.317 e. The Hall–Kier alpha value is -1.42. The van der Waals surface area contributed by atoms with Crippen molar-refractivity contribution in [1.82, 2.24) is 10.2 Å². The van der Waals surface area contributed by atoms with Crippen LogP contribution in [0.1, 0.15) is 24.8 Å². The summed E-state index contributed by atoms with van der Waals surface area (Å²) >= 11 is 5.95. The van der Waals surface area contributed by atoms with Crippen LogP contribution in [0.3, 0.4) is 0 Å². The summed E-state index contributed by atoms with van der Waals surface area (Å²) in [5.74, 6) is 0.777. The zero-order chi connectivity index (χ0) is 14.4. The van der Waals surface area contributed by atoms with Crippen LogP contribution in [0.15, 0.2) is 18.2 Å². The van der Waals surface area contributed by atoms with E-state index in [2.05, 4.69) is 5.32 Å². The van der Waals surface area contributed by atoms with E-state index in [0.717, 1.165) is 42.3 Å². The molecule has 1 aliphatic heterocycles. The molecular weight excluding hydrogens is 276 g/mol. The van der Waals surface area contributed by atoms with Gasteiger partial charge in [-0.2, -0.15) is 0 Å². The summed E-state index contributed by atoms with van der Waals surface area (Å²) in [5, 5.41) is 3.62. The first-order chi connectivity index (χ1) is 9.66. The molecule has 1 aliphatic rings. The minimum atomic E-state index is 0.0144. The van der Waals surface area contributed by atoms with E-state index in [1.807, 2.05) is 30.0 Å². The number of hydrogen-bond donors (Lipinski definition) is 1. The molecule has 1 fully saturated rings. The van der Waals surface area contributed by atoms with Crippen molar-refractivity contribution in [3.63, 3.8) is 0 Å². The first-order valence-corrected chi connectivity index (χ1v) is 7.46. The molecule has 0 atom stereocenters. The van der Waals surface area contributed by atoms with Gasteiger partial charge in [-0.1, -0.05) is 11.6 Å². The molecule has 1 saturated heterocycles. The van der Waals surface area contributed by atoms with Crippen molar-refractivity contribution in [2.24, 2.45) is 0 Å². The number of carbonyl (C=O) groups excluding carboxylic acids is 1. The first kappa shape index (κ1) is 15.0. The summed E-state index contributed by atoms with van der Waals surface area (Å²) in [4.78, 5) is 13.7. The second-order valence-corrected chi connectivity index (χ2v) is 5.45. The highest BCUT2D eigenvalue weighted by Gasteiger charge is 2.15. The van der Waals surface area contributed by atoms with Crippen LogP contribution in [0, 0.1) is 6.92 Å². The molecule has 1 N–H and O–H groups in total. The number of amides is 2. The molecule has 0 unspecified atom stereocenters. The molecule has 0 saturated carbocycles. The predicted molar refractivity (Wildman–Crippen MR) is 80.5 cm³/mol. The minimum Gasteiger partial charge on any atom is -0.492 e. The van der Waals surface area contributed by atoms with Crippen molar-refractivity contribution in [2.75, 3.05) is 26.2 Å². The zero-order valence-electron chi connectivity index (χ0n) is 11.8. The number of piperidine rings is 1. The van der Waals surface area contributed by atoms with Crippen LogP contribution in [0.2, 0.25) is 5.02 Å². The van der Waals surface area contributed by atoms with Crippen molar-refractivity contribution >= 4 is 17.6 Å². The van der Waals surface area contributed by atoms with Crippen molar-refractivity contribution in [2.45, 2.75) is 26.2 Å². The zero-order valence-corrected chi connectivity index (χ0v) is 12.6. The Bertz CT molecular complexity index is 459. The maximum absolute atomic E-state index is 11.9. The lowest BCUT2D eigenvalue weighted by molar-refractivity contribution is 0.184. The molecule has 20 heavy (non-hydrogen) atoms. The summed E-state index contributed by atoms with van der Waals surface area (Å²) in [5.41, 5.74) is 0.988. The van der Waals surface area contributed by atoms with Crippen LogP contribution >= 0.6 is 11.6 Å². The first-order valence-electron chi connectivity index (χ1n) is 7.08. The minimum absolute atomic E-state index is 0.0144. The molecule has 0 aromatic heterocycles. The maximum atomic E-state index is 11.9. The van der Waals surface area contributed by atoms with Gasteiger partial charge in [-0.3, -0.25) is 0 Å². The van der Waals surface area contributed by atoms with Gasteiger partial charge in [-0.25, -0.2) is 4.79 Å². The van der Waals surface area contributed by atoms with Crippen molar-refractivity contribution in [1.29, 1.82) is 0 Å². The van der Waals surface area contributed by atoms with Gasteiger partial charge in [0, 0.05) is 18.1 Å². The third-order valence-electron chi connectivity index (χ3n) is 3.42. The largest absolute Gasteiger partial charge is 0.492 e. The van der Waals surface area contributed by atoms with Gasteiger partial charge < -0.3 is 15.0 Å². The van der Waals surface area contributed by atoms with E-state index in [-0.39, 0.29) is 6.03 Å². The summed E-state index contributed by atoms with van der Waals surface area (Å²) < 4.78 is 5.59. The Morgan fingerprint density at radius 1 is 1.35 bits per heavy atom. The quantitative estimate of drug-likeness (QED) is 0.867. The molecule has 0 spiro atoms. The number of benzene rings is 1. The summed E-state index contributed by atoms with van der Waals surface area (Å²) in [6.45, 7) is 4.64. The fourth-order valence-corrected chi connectivity index (χ4v) is 2.36. The van der Waals surface area contributed by atoms with Crippen molar-refractivity contribution < 1.29 is 9.53 Å². The number of nitrogens with zero attached hydrogens (tertiary/aromatic N) is 1. The number of urea groups is 1. The van der Waals surface area contributed by atoms with Gasteiger partial charge in [0.15, 0.2) is 0 Å². The lowest BCUT2D eigenvalue weighted by Gasteiger charge is -2.26. The SMILES string of the molecule is Cc1cc(OCCNC(=O)N2CCCCC2)ccc1Cl. The molecule has 0 bridgehead atoms. The van der Waals surface area contributed by atoms with Crippen LogP contribution < -0.4 is 10.1 Å². The highest BCUT2D eigenvalue weighted by Crippen LogP contribution is 2.20. The third kappa shape index (κ3) is 4.30. The summed E-state index contributed by atoms with van der Waals surface area (Å²) in [6.07, 6.45) is 3.44. The van der Waals surface area contributed by atoms with Crippen molar-refractivity contribution in [3.8, 4) is 5.75 Å². The molecule has 5 heteroatoms. The number of likely N-dealkylation sites (tertiary alicyclic amines) is 1. The fourth-order valence-electron chi connectivity index (χ4n) is 2.24. The van der Waals surface area contributed by atoms with Crippen LogP contribution in [0.5, 0.6) is 5.75 Å². The molecule has 1 heterocycles. The number of carbonyl (C=O) groups is 1. The van der Waals surface area contributed by atoms with Gasteiger partial charge in [0.2, 0.25) is 0 Å². The second kappa shape index (κ2) is 7.39. The van der Waals surface area contributed by atoms with E-state index in [1.165, 1.54) is 6.42 Å². The highest BCUT2D eigenvalue weighted by atomic mass is 35.5. The molecule has 110 valence electrons. The maximum Gasteiger partial charge on any atom is 0.317 e. The average molecular weight is 297 g/mol. The molecule has 0 aliphatic carbocycles. The molecule has 2 rings (SSSR count). The normalized spacial score (nSPS) is 15.0. The Kier molecular flexibility index (Phi) is 5.53. The lowest BCUT2D eigenvalue weighted by atomic mass is 10.1. The number of ether oxygens (including phenoxy) is 1. The van der Waals surface area contributed by atoms with Gasteiger partial charge in [0.1, 0.15) is 12.4 Å². The summed E-state index contributed by atoms with van der Waals surface area (Å²) in [7, 11) is 0. The number of hydrogen-bond acceptors (Lipinski definition) is 2. The Morgan fingerprint density at radius 3 is 2.80 bits per heavy atom. The predicted octanol–water partition coefficient (Wildman–Crippen LogP) is 3.22. The number of aryl methyl sites for hydroxylation is 1. The Labute approximate surface area is 125 Å². The van der Waals surface area contributed by atoms with Crippen LogP contribution in [-0.4, -0.2) is 37.2 Å². The molecular formula is C15H21ClN2O2. The molecule has 2 amide bonds. The highest BCUT2D eigenvalue weighted by molar-refractivity contribution is 6.31. The van der Waals surface area contributed by atoms with E-state index in [9.17, 15) is 4.79 Å². The van der Waals surface area contributed by atoms with E-state index >= 15 is 0 Å². The topological polar surface area (TPSA) is 41.6 Å². The molecule has 1 aromatic rings. The number of nitrogens with one attached hydrogen (secondary N) is 1. The van der Waals surface area contributed by atoms with Gasteiger partial charge >= 0.3 is 6.03 Å². The van der Waals surface area contributed by atoms with E-state index in [4.69, 9.17) is 16.3 Å². The molecule has 1 aromatic carbocycles. The molecule has 0 radical (unpaired) electrons. The van der Waals surface area contributed by atoms with Gasteiger partial charge in [0.25, 0.3) is 0 Å². The monoisotopic (exact) mass is 296 g/mol. The van der Waals surface area contributed by atoms with E-state index < -0.39 is 0 Å². The van der Waals surface area contributed by atoms with E-state index in [0.29, 0.717) is 13.2 Å².